The van der Waals surface area contributed by atoms with Crippen molar-refractivity contribution in [1.29, 1.82) is 0 Å². The van der Waals surface area contributed by atoms with Crippen LogP contribution in [0.1, 0.15) is 50.3 Å². The Morgan fingerprint density at radius 3 is 2.50 bits per heavy atom. The van der Waals surface area contributed by atoms with Crippen LogP contribution in [0.25, 0.3) is 0 Å². The molecule has 0 bridgehead atoms. The van der Waals surface area contributed by atoms with E-state index in [9.17, 15) is 0 Å². The van der Waals surface area contributed by atoms with Crippen LogP contribution in [-0.4, -0.2) is 4.98 Å². The summed E-state index contributed by atoms with van der Waals surface area (Å²) in [6.45, 7) is 6.31. The molecule has 0 fully saturated rings. The van der Waals surface area contributed by atoms with Gasteiger partial charge in [0.15, 0.2) is 0 Å². The van der Waals surface area contributed by atoms with Gasteiger partial charge in [-0.3, -0.25) is 0 Å². The topological polar surface area (TPSA) is 48.1 Å². The van der Waals surface area contributed by atoms with Crippen LogP contribution in [0, 0.1) is 0 Å². The molecule has 0 spiro atoms. The van der Waals surface area contributed by atoms with Gasteiger partial charge in [-0.2, -0.15) is 0 Å². The van der Waals surface area contributed by atoms with Gasteiger partial charge in [-0.05, 0) is 37.0 Å². The second-order valence-electron chi connectivity index (χ2n) is 5.14. The maximum absolute atomic E-state index is 6.03. The number of hydrogen-bond acceptors (Lipinski definition) is 3. The molecule has 0 aliphatic carbocycles. The Kier molecular flexibility index (Phi) is 4.74. The van der Waals surface area contributed by atoms with Crippen molar-refractivity contribution in [3.63, 3.8) is 0 Å². The molecule has 1 unspecified atom stereocenters. The molecular weight excluding hydrogens is 248 g/mol. The molecule has 0 radical (unpaired) electrons. The van der Waals surface area contributed by atoms with Crippen molar-refractivity contribution in [2.24, 2.45) is 5.73 Å². The van der Waals surface area contributed by atoms with E-state index in [0.717, 1.165) is 17.7 Å². The summed E-state index contributed by atoms with van der Waals surface area (Å²) in [5, 5.41) is 0. The molecule has 2 rings (SSSR count). The first-order chi connectivity index (χ1) is 9.63. The highest BCUT2D eigenvalue weighted by Crippen LogP contribution is 2.33. The van der Waals surface area contributed by atoms with Gasteiger partial charge in [-0.15, -0.1) is 0 Å². The molecule has 2 aromatic rings. The van der Waals surface area contributed by atoms with Crippen molar-refractivity contribution in [2.75, 3.05) is 0 Å². The van der Waals surface area contributed by atoms with E-state index < -0.39 is 0 Å². The van der Waals surface area contributed by atoms with Crippen molar-refractivity contribution in [1.82, 2.24) is 4.98 Å². The van der Waals surface area contributed by atoms with E-state index in [0.29, 0.717) is 11.8 Å². The number of pyridine rings is 1. The van der Waals surface area contributed by atoms with Crippen LogP contribution in [0.2, 0.25) is 0 Å². The standard InChI is InChI=1S/C17H22N2O/c1-4-12(2)14-8-5-6-10-16(14)20-17-15(13(3)18)9-7-11-19-17/h5-13H,4,18H2,1-3H3/t12?,13-/m0/s1. The molecule has 0 saturated heterocycles. The Hall–Kier alpha value is -1.87. The van der Waals surface area contributed by atoms with Crippen molar-refractivity contribution < 1.29 is 4.74 Å². The van der Waals surface area contributed by atoms with E-state index in [1.165, 1.54) is 5.56 Å². The van der Waals surface area contributed by atoms with Crippen molar-refractivity contribution in [3.05, 3.63) is 53.7 Å². The maximum Gasteiger partial charge on any atom is 0.223 e. The highest BCUT2D eigenvalue weighted by molar-refractivity contribution is 5.40. The third-order valence-corrected chi connectivity index (χ3v) is 3.56. The van der Waals surface area contributed by atoms with Crippen LogP contribution in [0.5, 0.6) is 11.6 Å². The van der Waals surface area contributed by atoms with Crippen LogP contribution >= 0.6 is 0 Å². The van der Waals surface area contributed by atoms with Gasteiger partial charge in [0.25, 0.3) is 0 Å². The SMILES string of the molecule is CCC(C)c1ccccc1Oc1ncccc1[C@H](C)N. The summed E-state index contributed by atoms with van der Waals surface area (Å²) >= 11 is 0. The van der Waals surface area contributed by atoms with E-state index in [4.69, 9.17) is 10.5 Å². The lowest BCUT2D eigenvalue weighted by molar-refractivity contribution is 0.442. The predicted octanol–water partition coefficient (Wildman–Crippen LogP) is 4.41. The van der Waals surface area contributed by atoms with Crippen LogP contribution in [-0.2, 0) is 0 Å². The number of rotatable bonds is 5. The Bertz CT molecular complexity index is 566. The largest absolute Gasteiger partial charge is 0.438 e. The van der Waals surface area contributed by atoms with Crippen molar-refractivity contribution in [3.8, 4) is 11.6 Å². The fraction of sp³-hybridized carbons (Fsp3) is 0.353. The van der Waals surface area contributed by atoms with Crippen LogP contribution in [0.3, 0.4) is 0 Å². The number of benzene rings is 1. The number of nitrogens with zero attached hydrogens (tertiary/aromatic N) is 1. The molecule has 0 amide bonds. The first-order valence-corrected chi connectivity index (χ1v) is 7.10. The number of aromatic nitrogens is 1. The number of nitrogens with two attached hydrogens (primary N) is 1. The van der Waals surface area contributed by atoms with E-state index in [1.807, 2.05) is 37.3 Å². The lowest BCUT2D eigenvalue weighted by Crippen LogP contribution is -2.08. The van der Waals surface area contributed by atoms with E-state index in [-0.39, 0.29) is 6.04 Å². The molecule has 106 valence electrons. The molecule has 2 atom stereocenters. The molecule has 3 heteroatoms. The summed E-state index contributed by atoms with van der Waals surface area (Å²) in [4.78, 5) is 4.32. The summed E-state index contributed by atoms with van der Waals surface area (Å²) in [6.07, 6.45) is 2.80. The average Bonchev–Trinajstić information content (AvgIpc) is 2.47. The van der Waals surface area contributed by atoms with E-state index in [1.54, 1.807) is 6.20 Å². The zero-order valence-electron chi connectivity index (χ0n) is 12.3. The second-order valence-corrected chi connectivity index (χ2v) is 5.14. The predicted molar refractivity (Wildman–Crippen MR) is 82.1 cm³/mol. The first-order valence-electron chi connectivity index (χ1n) is 7.10. The molecule has 1 heterocycles. The number of para-hydroxylation sites is 1. The minimum Gasteiger partial charge on any atom is -0.438 e. The van der Waals surface area contributed by atoms with Gasteiger partial charge in [0.1, 0.15) is 5.75 Å². The van der Waals surface area contributed by atoms with Gasteiger partial charge in [-0.1, -0.05) is 38.1 Å². The minimum absolute atomic E-state index is 0.102. The summed E-state index contributed by atoms with van der Waals surface area (Å²) in [5.74, 6) is 1.91. The van der Waals surface area contributed by atoms with Crippen LogP contribution in [0.15, 0.2) is 42.6 Å². The highest BCUT2D eigenvalue weighted by atomic mass is 16.5. The van der Waals surface area contributed by atoms with Gasteiger partial charge >= 0.3 is 0 Å². The third kappa shape index (κ3) is 3.17. The Balaban J connectivity index is 2.36. The van der Waals surface area contributed by atoms with E-state index in [2.05, 4.69) is 24.9 Å². The summed E-state index contributed by atoms with van der Waals surface area (Å²) in [5.41, 5.74) is 8.10. The second kappa shape index (κ2) is 6.53. The minimum atomic E-state index is -0.102. The average molecular weight is 270 g/mol. The summed E-state index contributed by atoms with van der Waals surface area (Å²) < 4.78 is 6.03. The summed E-state index contributed by atoms with van der Waals surface area (Å²) in [7, 11) is 0. The first kappa shape index (κ1) is 14.5. The molecule has 0 saturated carbocycles. The maximum atomic E-state index is 6.03. The Labute approximate surface area is 120 Å². The fourth-order valence-electron chi connectivity index (χ4n) is 2.14. The van der Waals surface area contributed by atoms with E-state index >= 15 is 0 Å². The van der Waals surface area contributed by atoms with Gasteiger partial charge in [0, 0.05) is 17.8 Å². The zero-order chi connectivity index (χ0) is 14.5. The molecule has 20 heavy (non-hydrogen) atoms. The molecule has 0 aliphatic heterocycles. The Morgan fingerprint density at radius 2 is 1.80 bits per heavy atom. The lowest BCUT2D eigenvalue weighted by atomic mass is 9.98. The van der Waals surface area contributed by atoms with Crippen molar-refractivity contribution in [2.45, 2.75) is 39.2 Å². The monoisotopic (exact) mass is 270 g/mol. The lowest BCUT2D eigenvalue weighted by Gasteiger charge is -2.17. The molecular formula is C17H22N2O. The highest BCUT2D eigenvalue weighted by Gasteiger charge is 2.14. The number of hydrogen-bond donors (Lipinski definition) is 1. The molecule has 1 aromatic heterocycles. The zero-order valence-corrected chi connectivity index (χ0v) is 12.3. The molecule has 3 nitrogen and oxygen atoms in total. The van der Waals surface area contributed by atoms with Gasteiger partial charge in [0.2, 0.25) is 5.88 Å². The Morgan fingerprint density at radius 1 is 1.10 bits per heavy atom. The van der Waals surface area contributed by atoms with Crippen molar-refractivity contribution >= 4 is 0 Å². The third-order valence-electron chi connectivity index (χ3n) is 3.56. The number of ether oxygens (including phenoxy) is 1. The molecule has 0 aliphatic rings. The smallest absolute Gasteiger partial charge is 0.223 e. The fourth-order valence-corrected chi connectivity index (χ4v) is 2.14. The van der Waals surface area contributed by atoms with Gasteiger partial charge < -0.3 is 10.5 Å². The molecule has 2 N–H and O–H groups in total. The van der Waals surface area contributed by atoms with Crippen LogP contribution < -0.4 is 10.5 Å². The van der Waals surface area contributed by atoms with Gasteiger partial charge in [-0.25, -0.2) is 4.98 Å². The molecule has 1 aromatic carbocycles. The summed E-state index contributed by atoms with van der Waals surface area (Å²) in [6, 6.07) is 11.9. The van der Waals surface area contributed by atoms with Gasteiger partial charge in [0.05, 0.1) is 0 Å². The quantitative estimate of drug-likeness (QED) is 0.875. The normalized spacial score (nSPS) is 13.8. The van der Waals surface area contributed by atoms with Crippen LogP contribution in [0.4, 0.5) is 0 Å².